The van der Waals surface area contributed by atoms with Crippen LogP contribution in [-0.4, -0.2) is 41.2 Å². The van der Waals surface area contributed by atoms with Gasteiger partial charge in [0.2, 0.25) is 0 Å². The van der Waals surface area contributed by atoms with Crippen LogP contribution >= 0.6 is 11.6 Å². The lowest BCUT2D eigenvalue weighted by atomic mass is 9.97. The van der Waals surface area contributed by atoms with Crippen LogP contribution in [0.1, 0.15) is 28.8 Å². The third-order valence-corrected chi connectivity index (χ3v) is 5.16. The first kappa shape index (κ1) is 16.8. The number of hydrogen-bond donors (Lipinski definition) is 1. The second-order valence-corrected chi connectivity index (χ2v) is 7.05. The Kier molecular flexibility index (Phi) is 4.24. The Morgan fingerprint density at radius 1 is 1.04 bits per heavy atom. The Balaban J connectivity index is 1.49. The fourth-order valence-electron chi connectivity index (χ4n) is 3.45. The van der Waals surface area contributed by atoms with Gasteiger partial charge >= 0.3 is 0 Å². The topological polar surface area (TPSA) is 61.8 Å². The summed E-state index contributed by atoms with van der Waals surface area (Å²) in [6.45, 7) is 1.12. The molecule has 2 heterocycles. The van der Waals surface area contributed by atoms with Gasteiger partial charge in [0.15, 0.2) is 0 Å². The number of nitrogens with one attached hydrogen (secondary N) is 1. The summed E-state index contributed by atoms with van der Waals surface area (Å²) in [6, 6.07) is 16.3. The van der Waals surface area contributed by atoms with Gasteiger partial charge in [0, 0.05) is 42.1 Å². The first-order valence-corrected chi connectivity index (χ1v) is 8.97. The molecule has 2 aliphatic heterocycles. The number of carbonyl (C=O) groups is 2. The van der Waals surface area contributed by atoms with Crippen molar-refractivity contribution in [1.82, 2.24) is 10.2 Å². The van der Waals surface area contributed by atoms with Crippen molar-refractivity contribution in [2.45, 2.75) is 18.5 Å². The molecule has 1 fully saturated rings. The average molecular weight is 368 g/mol. The maximum absolute atomic E-state index is 12.6. The lowest BCUT2D eigenvalue weighted by Crippen LogP contribution is -2.52. The molecule has 2 aromatic carbocycles. The smallest absolute Gasteiger partial charge is 0.272 e. The third kappa shape index (κ3) is 3.10. The minimum Gasteiger partial charge on any atom is -0.338 e. The van der Waals surface area contributed by atoms with Gasteiger partial charge in [-0.25, -0.2) is 0 Å². The fraction of sp³-hybridized carbons (Fsp3) is 0.250. The number of piperidine rings is 1. The van der Waals surface area contributed by atoms with E-state index in [2.05, 4.69) is 5.32 Å². The van der Waals surface area contributed by atoms with Crippen LogP contribution in [0.25, 0.3) is 0 Å². The maximum atomic E-state index is 12.6. The molecule has 2 amide bonds. The molecule has 0 aromatic heterocycles. The summed E-state index contributed by atoms with van der Waals surface area (Å²) < 4.78 is 0. The number of rotatable bonds is 2. The van der Waals surface area contributed by atoms with Gasteiger partial charge in [-0.05, 0) is 24.3 Å². The van der Waals surface area contributed by atoms with Crippen molar-refractivity contribution in [3.63, 3.8) is 0 Å². The van der Waals surface area contributed by atoms with Gasteiger partial charge in [-0.3, -0.25) is 14.6 Å². The van der Waals surface area contributed by atoms with Crippen molar-refractivity contribution in [2.75, 3.05) is 13.1 Å². The second kappa shape index (κ2) is 6.57. The first-order chi connectivity index (χ1) is 12.6. The molecule has 0 bridgehead atoms. The maximum Gasteiger partial charge on any atom is 0.272 e. The van der Waals surface area contributed by atoms with Gasteiger partial charge in [0.05, 0.1) is 0 Å². The van der Waals surface area contributed by atoms with E-state index in [4.69, 9.17) is 16.6 Å². The number of halogens is 1. The molecule has 1 spiro atoms. The van der Waals surface area contributed by atoms with Crippen LogP contribution in [0.3, 0.4) is 0 Å². The van der Waals surface area contributed by atoms with E-state index in [0.29, 0.717) is 42.2 Å². The van der Waals surface area contributed by atoms with Crippen LogP contribution in [0.4, 0.5) is 0 Å². The van der Waals surface area contributed by atoms with Crippen molar-refractivity contribution in [2.24, 2.45) is 4.99 Å². The number of hydrogen-bond acceptors (Lipinski definition) is 3. The molecule has 1 N–H and O–H groups in total. The Hall–Kier alpha value is -2.66. The van der Waals surface area contributed by atoms with Crippen molar-refractivity contribution >= 4 is 29.1 Å². The van der Waals surface area contributed by atoms with E-state index >= 15 is 0 Å². The lowest BCUT2D eigenvalue weighted by molar-refractivity contribution is -0.115. The molecule has 0 aliphatic carbocycles. The summed E-state index contributed by atoms with van der Waals surface area (Å²) in [4.78, 5) is 31.5. The predicted octanol–water partition coefficient (Wildman–Crippen LogP) is 2.89. The third-order valence-electron chi connectivity index (χ3n) is 4.90. The standard InChI is InChI=1S/C20H18ClN3O2/c21-16-8-6-14(7-9-16)17-18(25)23-20(22-17)10-12-24(13-11-20)19(26)15-4-2-1-3-5-15/h1-9H,10-13H2,(H,23,25). The van der Waals surface area contributed by atoms with Crippen LogP contribution in [0.5, 0.6) is 0 Å². The lowest BCUT2D eigenvalue weighted by Gasteiger charge is -2.37. The summed E-state index contributed by atoms with van der Waals surface area (Å²) in [5.41, 5.74) is 1.26. The molecule has 1 saturated heterocycles. The highest BCUT2D eigenvalue weighted by atomic mass is 35.5. The molecule has 26 heavy (non-hydrogen) atoms. The van der Waals surface area contributed by atoms with E-state index in [1.54, 1.807) is 24.3 Å². The molecule has 6 heteroatoms. The van der Waals surface area contributed by atoms with Crippen molar-refractivity contribution in [1.29, 1.82) is 0 Å². The van der Waals surface area contributed by atoms with E-state index in [9.17, 15) is 9.59 Å². The van der Waals surface area contributed by atoms with Gasteiger partial charge in [-0.15, -0.1) is 0 Å². The van der Waals surface area contributed by atoms with Crippen LogP contribution < -0.4 is 5.32 Å². The number of amides is 2. The van der Waals surface area contributed by atoms with Gasteiger partial charge < -0.3 is 10.2 Å². The summed E-state index contributed by atoms with van der Waals surface area (Å²) in [5, 5.41) is 3.64. The highest BCUT2D eigenvalue weighted by Gasteiger charge is 2.42. The molecular formula is C20H18ClN3O2. The Bertz CT molecular complexity index is 870. The summed E-state index contributed by atoms with van der Waals surface area (Å²) in [7, 11) is 0. The van der Waals surface area contributed by atoms with E-state index in [-0.39, 0.29) is 11.8 Å². The Morgan fingerprint density at radius 2 is 1.69 bits per heavy atom. The van der Waals surface area contributed by atoms with E-state index in [1.807, 2.05) is 35.2 Å². The number of carbonyl (C=O) groups excluding carboxylic acids is 2. The number of benzene rings is 2. The summed E-state index contributed by atoms with van der Waals surface area (Å²) >= 11 is 5.92. The van der Waals surface area contributed by atoms with Gasteiger partial charge in [-0.2, -0.15) is 0 Å². The van der Waals surface area contributed by atoms with E-state index in [1.165, 1.54) is 0 Å². The van der Waals surface area contributed by atoms with Gasteiger partial charge in [0.1, 0.15) is 11.4 Å². The molecule has 2 aromatic rings. The average Bonchev–Trinajstić information content (AvgIpc) is 2.99. The quantitative estimate of drug-likeness (QED) is 0.887. The molecule has 2 aliphatic rings. The van der Waals surface area contributed by atoms with E-state index < -0.39 is 5.66 Å². The molecule has 4 rings (SSSR count). The van der Waals surface area contributed by atoms with Crippen LogP contribution in [0.15, 0.2) is 59.6 Å². The first-order valence-electron chi connectivity index (χ1n) is 8.59. The second-order valence-electron chi connectivity index (χ2n) is 6.61. The highest BCUT2D eigenvalue weighted by molar-refractivity contribution is 6.47. The van der Waals surface area contributed by atoms with Gasteiger partial charge in [-0.1, -0.05) is 41.9 Å². The van der Waals surface area contributed by atoms with E-state index in [0.717, 1.165) is 5.56 Å². The monoisotopic (exact) mass is 367 g/mol. The summed E-state index contributed by atoms with van der Waals surface area (Å²) in [6.07, 6.45) is 1.21. The molecule has 0 atom stereocenters. The largest absolute Gasteiger partial charge is 0.338 e. The fourth-order valence-corrected chi connectivity index (χ4v) is 3.57. The zero-order valence-corrected chi connectivity index (χ0v) is 14.9. The van der Waals surface area contributed by atoms with Crippen LogP contribution in [0, 0.1) is 0 Å². The number of likely N-dealkylation sites (tertiary alicyclic amines) is 1. The van der Waals surface area contributed by atoms with Crippen LogP contribution in [0.2, 0.25) is 5.02 Å². The minimum absolute atomic E-state index is 0.0201. The minimum atomic E-state index is -0.612. The molecule has 5 nitrogen and oxygen atoms in total. The van der Waals surface area contributed by atoms with Crippen LogP contribution in [-0.2, 0) is 4.79 Å². The SMILES string of the molecule is O=C1NC2(CCN(C(=O)c3ccccc3)CC2)N=C1c1ccc(Cl)cc1. The number of aliphatic imine (C=N–C) groups is 1. The Labute approximate surface area is 156 Å². The van der Waals surface area contributed by atoms with Crippen molar-refractivity contribution < 1.29 is 9.59 Å². The van der Waals surface area contributed by atoms with Gasteiger partial charge in [0.25, 0.3) is 11.8 Å². The predicted molar refractivity (Wildman–Crippen MR) is 100 cm³/mol. The molecule has 0 saturated carbocycles. The molecule has 0 unspecified atom stereocenters. The zero-order valence-electron chi connectivity index (χ0n) is 14.1. The Morgan fingerprint density at radius 3 is 2.35 bits per heavy atom. The van der Waals surface area contributed by atoms with Crippen molar-refractivity contribution in [3.05, 3.63) is 70.7 Å². The normalized spacial score (nSPS) is 18.6. The molecular weight excluding hydrogens is 350 g/mol. The molecule has 132 valence electrons. The zero-order chi connectivity index (χ0) is 18.1. The highest BCUT2D eigenvalue weighted by Crippen LogP contribution is 2.29. The summed E-state index contributed by atoms with van der Waals surface area (Å²) in [5.74, 6) is -0.151. The number of nitrogens with zero attached hydrogens (tertiary/aromatic N) is 2. The molecule has 0 radical (unpaired) electrons. The van der Waals surface area contributed by atoms with Crippen molar-refractivity contribution in [3.8, 4) is 0 Å².